The van der Waals surface area contributed by atoms with Gasteiger partial charge in [0.25, 0.3) is 5.91 Å². The summed E-state index contributed by atoms with van der Waals surface area (Å²) in [4.78, 5) is 23.5. The molecule has 6 heteroatoms. The number of hydrogen-bond acceptors (Lipinski definition) is 4. The third-order valence-corrected chi connectivity index (χ3v) is 5.48. The van der Waals surface area contributed by atoms with Crippen molar-refractivity contribution in [2.45, 2.75) is 26.7 Å². The molecule has 3 heterocycles. The second-order valence-electron chi connectivity index (χ2n) is 7.92. The summed E-state index contributed by atoms with van der Waals surface area (Å²) < 4.78 is 14.5. The van der Waals surface area contributed by atoms with E-state index in [1.807, 2.05) is 18.7 Å². The molecule has 0 atom stereocenters. The van der Waals surface area contributed by atoms with Gasteiger partial charge in [-0.2, -0.15) is 0 Å². The van der Waals surface area contributed by atoms with Crippen molar-refractivity contribution in [1.82, 2.24) is 14.9 Å². The van der Waals surface area contributed by atoms with Crippen molar-refractivity contribution in [3.63, 3.8) is 0 Å². The predicted molar refractivity (Wildman–Crippen MR) is 122 cm³/mol. The number of aromatic nitrogens is 2. The molecule has 1 saturated heterocycles. The van der Waals surface area contributed by atoms with Crippen LogP contribution in [0.3, 0.4) is 0 Å². The quantitative estimate of drug-likeness (QED) is 0.588. The highest BCUT2D eigenvalue weighted by Gasteiger charge is 2.22. The first-order chi connectivity index (χ1) is 14.9. The number of likely N-dealkylation sites (tertiary alicyclic amines) is 1. The molecule has 0 unspecified atom stereocenters. The number of halogens is 1. The topological polar surface area (TPSA) is 58.1 Å². The number of rotatable bonds is 5. The number of carbonyl (C=O) groups is 1. The zero-order valence-corrected chi connectivity index (χ0v) is 17.8. The number of allylic oxidation sites excluding steroid dienone is 1. The second kappa shape index (κ2) is 8.68. The molecule has 3 aromatic rings. The van der Waals surface area contributed by atoms with Crippen LogP contribution in [-0.4, -0.2) is 33.9 Å². The number of carbonyl (C=O) groups excluding carboxylic acids is 1. The molecular formula is C25H25FN4O. The van der Waals surface area contributed by atoms with E-state index in [0.29, 0.717) is 28.2 Å². The number of hydrogen-bond donors (Lipinski definition) is 1. The molecule has 158 valence electrons. The first-order valence-electron chi connectivity index (χ1n) is 10.4. The molecule has 1 amide bonds. The van der Waals surface area contributed by atoms with Gasteiger partial charge in [0.05, 0.1) is 16.9 Å². The van der Waals surface area contributed by atoms with Crippen molar-refractivity contribution in [3.05, 3.63) is 78.0 Å². The maximum Gasteiger partial charge on any atom is 0.257 e. The minimum Gasteiger partial charge on any atom is -0.354 e. The average molecular weight is 417 g/mol. The van der Waals surface area contributed by atoms with Gasteiger partial charge in [-0.1, -0.05) is 18.2 Å². The molecule has 0 radical (unpaired) electrons. The second-order valence-corrected chi connectivity index (χ2v) is 7.92. The van der Waals surface area contributed by atoms with Crippen molar-refractivity contribution in [2.75, 3.05) is 18.4 Å². The molecule has 31 heavy (non-hydrogen) atoms. The lowest BCUT2D eigenvalue weighted by Crippen LogP contribution is -2.28. The standard InChI is InChI=1S/C25H25FN4O/c1-16(2)19-15-28-23(18-12-17(3)6-7-21(18)26)13-24(19)29-22-8-9-27-14-20(22)25(31)30-10-4-5-11-30/h6-9,12-15H,1,4-5,10-11H2,2-3H3,(H,27,28,29). The van der Waals surface area contributed by atoms with Crippen LogP contribution in [0.15, 0.2) is 55.5 Å². The van der Waals surface area contributed by atoms with Gasteiger partial charge < -0.3 is 10.2 Å². The molecule has 0 saturated carbocycles. The number of nitrogens with one attached hydrogen (secondary N) is 1. The smallest absolute Gasteiger partial charge is 0.257 e. The van der Waals surface area contributed by atoms with Gasteiger partial charge >= 0.3 is 0 Å². The molecule has 1 aliphatic heterocycles. The van der Waals surface area contributed by atoms with E-state index < -0.39 is 0 Å². The van der Waals surface area contributed by atoms with Crippen LogP contribution < -0.4 is 5.32 Å². The number of benzene rings is 1. The van der Waals surface area contributed by atoms with E-state index in [1.54, 1.807) is 42.9 Å². The Morgan fingerprint density at radius 2 is 1.87 bits per heavy atom. The van der Waals surface area contributed by atoms with Gasteiger partial charge in [-0.05, 0) is 56.5 Å². The van der Waals surface area contributed by atoms with Crippen molar-refractivity contribution < 1.29 is 9.18 Å². The lowest BCUT2D eigenvalue weighted by Gasteiger charge is -2.19. The molecular weight excluding hydrogens is 391 g/mol. The highest BCUT2D eigenvalue weighted by atomic mass is 19.1. The van der Waals surface area contributed by atoms with Crippen molar-refractivity contribution in [2.24, 2.45) is 0 Å². The van der Waals surface area contributed by atoms with Crippen molar-refractivity contribution in [3.8, 4) is 11.3 Å². The molecule has 1 fully saturated rings. The minimum absolute atomic E-state index is 0.0380. The van der Waals surface area contributed by atoms with Crippen LogP contribution in [0.5, 0.6) is 0 Å². The normalized spacial score (nSPS) is 13.3. The number of amides is 1. The molecule has 1 N–H and O–H groups in total. The van der Waals surface area contributed by atoms with Gasteiger partial charge in [-0.25, -0.2) is 4.39 Å². The summed E-state index contributed by atoms with van der Waals surface area (Å²) in [5, 5.41) is 3.36. The monoisotopic (exact) mass is 416 g/mol. The summed E-state index contributed by atoms with van der Waals surface area (Å²) in [6.45, 7) is 9.36. The summed E-state index contributed by atoms with van der Waals surface area (Å²) in [7, 11) is 0. The summed E-state index contributed by atoms with van der Waals surface area (Å²) in [6.07, 6.45) is 6.96. The van der Waals surface area contributed by atoms with Crippen LogP contribution >= 0.6 is 0 Å². The molecule has 0 aliphatic carbocycles. The third kappa shape index (κ3) is 4.33. The fraction of sp³-hybridized carbons (Fsp3) is 0.240. The largest absolute Gasteiger partial charge is 0.354 e. The lowest BCUT2D eigenvalue weighted by molar-refractivity contribution is 0.0793. The number of nitrogens with zero attached hydrogens (tertiary/aromatic N) is 3. The first-order valence-corrected chi connectivity index (χ1v) is 10.4. The third-order valence-electron chi connectivity index (χ3n) is 5.48. The van der Waals surface area contributed by atoms with Gasteiger partial charge in [0.15, 0.2) is 0 Å². The van der Waals surface area contributed by atoms with Crippen molar-refractivity contribution in [1.29, 1.82) is 0 Å². The molecule has 1 aliphatic rings. The van der Waals surface area contributed by atoms with Gasteiger partial charge in [-0.15, -0.1) is 0 Å². The maximum atomic E-state index is 14.5. The van der Waals surface area contributed by atoms with E-state index in [9.17, 15) is 9.18 Å². The van der Waals surface area contributed by atoms with E-state index in [-0.39, 0.29) is 11.7 Å². The van der Waals surface area contributed by atoms with Crippen LogP contribution in [0.1, 0.15) is 41.3 Å². The summed E-state index contributed by atoms with van der Waals surface area (Å²) in [5.74, 6) is -0.370. The van der Waals surface area contributed by atoms with Crippen LogP contribution in [0.25, 0.3) is 16.8 Å². The van der Waals surface area contributed by atoms with E-state index in [1.165, 1.54) is 6.07 Å². The van der Waals surface area contributed by atoms with E-state index in [4.69, 9.17) is 0 Å². The molecule has 0 spiro atoms. The minimum atomic E-state index is -0.332. The predicted octanol–water partition coefficient (Wildman–Crippen LogP) is 5.60. The summed E-state index contributed by atoms with van der Waals surface area (Å²) >= 11 is 0. The Bertz CT molecular complexity index is 1150. The number of aryl methyl sites for hydroxylation is 1. The summed E-state index contributed by atoms with van der Waals surface area (Å²) in [5.41, 5.74) is 5.37. The molecule has 5 nitrogen and oxygen atoms in total. The molecule has 4 rings (SSSR count). The fourth-order valence-electron chi connectivity index (χ4n) is 3.79. The zero-order valence-electron chi connectivity index (χ0n) is 17.8. The molecule has 1 aromatic carbocycles. The van der Waals surface area contributed by atoms with Crippen LogP contribution in [0.2, 0.25) is 0 Å². The Labute approximate surface area is 181 Å². The van der Waals surface area contributed by atoms with Gasteiger partial charge in [0.2, 0.25) is 0 Å². The van der Waals surface area contributed by atoms with Gasteiger partial charge in [0.1, 0.15) is 5.82 Å². The van der Waals surface area contributed by atoms with E-state index in [0.717, 1.165) is 42.6 Å². The SMILES string of the molecule is C=C(C)c1cnc(-c2cc(C)ccc2F)cc1Nc1ccncc1C(=O)N1CCCC1. The highest BCUT2D eigenvalue weighted by molar-refractivity contribution is 6.00. The van der Waals surface area contributed by atoms with Gasteiger partial charge in [0, 0.05) is 48.5 Å². The van der Waals surface area contributed by atoms with Gasteiger partial charge in [-0.3, -0.25) is 14.8 Å². The Morgan fingerprint density at radius 1 is 1.10 bits per heavy atom. The van der Waals surface area contributed by atoms with Crippen LogP contribution in [0.4, 0.5) is 15.8 Å². The van der Waals surface area contributed by atoms with E-state index in [2.05, 4.69) is 21.9 Å². The average Bonchev–Trinajstić information content (AvgIpc) is 3.30. The molecule has 0 bridgehead atoms. The number of pyridine rings is 2. The van der Waals surface area contributed by atoms with Crippen molar-refractivity contribution >= 4 is 22.9 Å². The Hall–Kier alpha value is -3.54. The number of anilines is 2. The Balaban J connectivity index is 1.75. The Morgan fingerprint density at radius 3 is 2.61 bits per heavy atom. The highest BCUT2D eigenvalue weighted by Crippen LogP contribution is 2.32. The maximum absolute atomic E-state index is 14.5. The zero-order chi connectivity index (χ0) is 22.0. The fourth-order valence-corrected chi connectivity index (χ4v) is 3.79. The Kier molecular flexibility index (Phi) is 5.80. The van der Waals surface area contributed by atoms with E-state index >= 15 is 0 Å². The van der Waals surface area contributed by atoms with Crippen LogP contribution in [0, 0.1) is 12.7 Å². The lowest BCUT2D eigenvalue weighted by atomic mass is 10.0. The molecule has 2 aromatic heterocycles. The first kappa shape index (κ1) is 20.7. The summed E-state index contributed by atoms with van der Waals surface area (Å²) in [6, 6.07) is 8.52. The van der Waals surface area contributed by atoms with Crippen LogP contribution in [-0.2, 0) is 0 Å².